The van der Waals surface area contributed by atoms with Gasteiger partial charge in [-0.15, -0.1) is 0 Å². The number of rotatable bonds is 5. The van der Waals surface area contributed by atoms with Crippen molar-refractivity contribution < 1.29 is 23.7 Å². The summed E-state index contributed by atoms with van der Waals surface area (Å²) in [5.41, 5.74) is 2.08. The van der Waals surface area contributed by atoms with E-state index in [1.807, 2.05) is 24.3 Å². The third kappa shape index (κ3) is 3.10. The molecule has 0 aromatic heterocycles. The number of hydrogen-bond acceptors (Lipinski definition) is 5. The van der Waals surface area contributed by atoms with E-state index < -0.39 is 0 Å². The third-order valence-electron chi connectivity index (χ3n) is 3.04. The van der Waals surface area contributed by atoms with Gasteiger partial charge in [0.1, 0.15) is 10.9 Å². The number of carbonyl (C=O) groups excluding carboxylic acids is 2. The highest BCUT2D eigenvalue weighted by Crippen LogP contribution is 2.33. The van der Waals surface area contributed by atoms with Gasteiger partial charge in [0.05, 0.1) is 18.9 Å². The second-order valence-electron chi connectivity index (χ2n) is 4.21. The molecule has 0 bridgehead atoms. The van der Waals surface area contributed by atoms with Crippen molar-refractivity contribution in [2.24, 2.45) is 5.10 Å². The van der Waals surface area contributed by atoms with Crippen LogP contribution in [-0.2, 0) is 9.59 Å². The molecule has 0 saturated carbocycles. The Balaban J connectivity index is 2.53. The van der Waals surface area contributed by atoms with Crippen molar-refractivity contribution in [3.8, 4) is 22.6 Å². The summed E-state index contributed by atoms with van der Waals surface area (Å²) in [6.45, 7) is 0. The molecule has 6 heteroatoms. The Kier molecular flexibility index (Phi) is 4.83. The summed E-state index contributed by atoms with van der Waals surface area (Å²) >= 11 is 0. The van der Waals surface area contributed by atoms with Crippen LogP contribution in [0.15, 0.2) is 47.6 Å². The van der Waals surface area contributed by atoms with E-state index in [0.717, 1.165) is 21.6 Å². The van der Waals surface area contributed by atoms with Gasteiger partial charge in [0.25, 0.3) is 5.69 Å². The predicted octanol–water partition coefficient (Wildman–Crippen LogP) is 2.60. The summed E-state index contributed by atoms with van der Waals surface area (Å²) < 4.78 is 11.2. The first-order valence-corrected chi connectivity index (χ1v) is 6.31. The molecule has 0 amide bonds. The summed E-state index contributed by atoms with van der Waals surface area (Å²) in [6.07, 6.45) is 2.82. The fourth-order valence-corrected chi connectivity index (χ4v) is 2.00. The molecule has 0 aliphatic carbocycles. The topological polar surface area (TPSA) is 68.0 Å². The van der Waals surface area contributed by atoms with Gasteiger partial charge in [-0.1, -0.05) is 12.1 Å². The first-order valence-electron chi connectivity index (χ1n) is 6.31. The number of methoxy groups -OCH3 is 2. The van der Waals surface area contributed by atoms with Gasteiger partial charge in [0, 0.05) is 6.07 Å². The van der Waals surface area contributed by atoms with Crippen molar-refractivity contribution >= 4 is 17.8 Å². The molecule has 2 aromatic carbocycles. The molecule has 6 nitrogen and oxygen atoms in total. The Hall–Kier alpha value is -3.20. The van der Waals surface area contributed by atoms with E-state index in [2.05, 4.69) is 5.10 Å². The van der Waals surface area contributed by atoms with Gasteiger partial charge in [0.2, 0.25) is 0 Å². The van der Waals surface area contributed by atoms with Crippen LogP contribution in [0.2, 0.25) is 0 Å². The molecule has 0 spiro atoms. The first-order chi connectivity index (χ1) is 10.7. The van der Waals surface area contributed by atoms with E-state index in [1.165, 1.54) is 19.3 Å². The molecule has 0 aliphatic rings. The Morgan fingerprint density at radius 3 is 2.41 bits per heavy atom. The van der Waals surface area contributed by atoms with Crippen LogP contribution in [0, 0.1) is 0 Å². The van der Waals surface area contributed by atoms with Crippen LogP contribution in [0.25, 0.3) is 11.1 Å². The summed E-state index contributed by atoms with van der Waals surface area (Å²) in [5.74, 6) is 1.11. The lowest BCUT2D eigenvalue weighted by molar-refractivity contribution is -0.442. The molecule has 0 radical (unpaired) electrons. The molecule has 0 N–H and O–H groups in total. The average molecular weight is 297 g/mol. The molecule has 110 valence electrons. The van der Waals surface area contributed by atoms with Crippen molar-refractivity contribution in [1.29, 1.82) is 0 Å². The third-order valence-corrected chi connectivity index (χ3v) is 3.04. The minimum absolute atomic E-state index is 0.299. The molecule has 0 fully saturated rings. The van der Waals surface area contributed by atoms with E-state index in [-0.39, 0.29) is 0 Å². The zero-order chi connectivity index (χ0) is 15.9. The Morgan fingerprint density at radius 2 is 1.77 bits per heavy atom. The average Bonchev–Trinajstić information content (AvgIpc) is 2.59. The summed E-state index contributed by atoms with van der Waals surface area (Å²) in [7, 11) is 3.06. The van der Waals surface area contributed by atoms with Gasteiger partial charge in [-0.25, -0.2) is 4.79 Å². The lowest BCUT2D eigenvalue weighted by atomic mass is 10.0. The normalized spacial score (nSPS) is 9.36. The number of hydrogen-bond donors (Lipinski definition) is 0. The molecule has 2 rings (SSSR count). The van der Waals surface area contributed by atoms with Crippen LogP contribution < -0.4 is 9.47 Å². The molecule has 22 heavy (non-hydrogen) atoms. The highest BCUT2D eigenvalue weighted by Gasteiger charge is 2.18. The number of nitrogens with zero attached hydrogens (tertiary/aromatic N) is 2. The standard InChI is InChI=1S/C16H13N2O4/c1-21-14-5-3-4-12(8-14)13-6-7-15(16(9-13)22-2)18(11-20)17-10-19/h3-9H,1-2H3/q+1. The van der Waals surface area contributed by atoms with Crippen molar-refractivity contribution in [3.05, 3.63) is 42.5 Å². The van der Waals surface area contributed by atoms with Gasteiger partial charge in [-0.05, 0) is 35.4 Å². The van der Waals surface area contributed by atoms with Crippen molar-refractivity contribution in [2.45, 2.75) is 0 Å². The predicted molar refractivity (Wildman–Crippen MR) is 78.7 cm³/mol. The highest BCUT2D eigenvalue weighted by molar-refractivity contribution is 5.69. The molecular weight excluding hydrogens is 284 g/mol. The van der Waals surface area contributed by atoms with Crippen LogP contribution >= 0.6 is 0 Å². The van der Waals surface area contributed by atoms with Crippen LogP contribution in [0.4, 0.5) is 5.69 Å². The van der Waals surface area contributed by atoms with Crippen molar-refractivity contribution in [1.82, 2.24) is 0 Å². The maximum atomic E-state index is 10.9. The fraction of sp³-hybridized carbons (Fsp3) is 0.125. The number of benzene rings is 2. The van der Waals surface area contributed by atoms with E-state index in [1.54, 1.807) is 25.3 Å². The van der Waals surface area contributed by atoms with Crippen molar-refractivity contribution in [3.63, 3.8) is 0 Å². The molecule has 2 aromatic rings. The van der Waals surface area contributed by atoms with Crippen LogP contribution in [0.3, 0.4) is 0 Å². The summed E-state index contributed by atoms with van der Waals surface area (Å²) in [4.78, 5) is 21.2. The monoisotopic (exact) mass is 297 g/mol. The maximum absolute atomic E-state index is 10.9. The van der Waals surface area contributed by atoms with E-state index in [0.29, 0.717) is 11.4 Å². The first kappa shape index (κ1) is 15.2. The van der Waals surface area contributed by atoms with Gasteiger partial charge >= 0.3 is 12.2 Å². The van der Waals surface area contributed by atoms with Crippen LogP contribution in [0.1, 0.15) is 0 Å². The molecule has 0 aliphatic heterocycles. The van der Waals surface area contributed by atoms with E-state index in [9.17, 15) is 9.59 Å². The SMILES string of the molecule is COc1cccc(-c2ccc([N+](=C=O)N=C=O)c(OC)c2)c1. The summed E-state index contributed by atoms with van der Waals surface area (Å²) in [5, 5.41) is 3.26. The van der Waals surface area contributed by atoms with Gasteiger partial charge in [0.15, 0.2) is 5.75 Å². The minimum Gasteiger partial charge on any atom is -0.497 e. The lowest BCUT2D eigenvalue weighted by Gasteiger charge is -2.07. The van der Waals surface area contributed by atoms with Gasteiger partial charge in [-0.3, -0.25) is 0 Å². The highest BCUT2D eigenvalue weighted by atomic mass is 16.5. The Labute approximate surface area is 126 Å². The van der Waals surface area contributed by atoms with E-state index in [4.69, 9.17) is 9.47 Å². The van der Waals surface area contributed by atoms with E-state index >= 15 is 0 Å². The Morgan fingerprint density at radius 1 is 1.00 bits per heavy atom. The second kappa shape index (κ2) is 6.99. The quantitative estimate of drug-likeness (QED) is 0.368. The number of hydrazone groups is 1. The minimum atomic E-state index is 0.299. The van der Waals surface area contributed by atoms with Gasteiger partial charge < -0.3 is 9.47 Å². The fourth-order valence-electron chi connectivity index (χ4n) is 2.00. The van der Waals surface area contributed by atoms with Gasteiger partial charge in [-0.2, -0.15) is 4.79 Å². The molecule has 0 heterocycles. The van der Waals surface area contributed by atoms with Crippen molar-refractivity contribution in [2.75, 3.05) is 14.2 Å². The molecular formula is C16H13N2O4+. The molecule has 0 atom stereocenters. The lowest BCUT2D eigenvalue weighted by Crippen LogP contribution is -1.98. The number of isocyanates is 2. The zero-order valence-corrected chi connectivity index (χ0v) is 12.1. The molecule has 0 saturated heterocycles. The largest absolute Gasteiger partial charge is 0.497 e. The second-order valence-corrected chi connectivity index (χ2v) is 4.21. The molecule has 0 unspecified atom stereocenters. The zero-order valence-electron chi connectivity index (χ0n) is 12.1. The summed E-state index contributed by atoms with van der Waals surface area (Å²) in [6, 6.07) is 12.6. The number of ether oxygens (including phenoxy) is 2. The van der Waals surface area contributed by atoms with Crippen LogP contribution in [0.5, 0.6) is 11.5 Å². The Bertz CT molecular complexity index is 788. The van der Waals surface area contributed by atoms with Crippen LogP contribution in [-0.4, -0.2) is 31.1 Å². The maximum Gasteiger partial charge on any atom is 0.465 e. The smallest absolute Gasteiger partial charge is 0.465 e.